The topological polar surface area (TPSA) is 102 Å². The van der Waals surface area contributed by atoms with Crippen molar-refractivity contribution in [3.05, 3.63) is 108 Å². The van der Waals surface area contributed by atoms with Crippen LogP contribution in [0.4, 0.5) is 11.4 Å². The number of para-hydroxylation sites is 1. The lowest BCUT2D eigenvalue weighted by Crippen LogP contribution is -2.11. The molecule has 7 heteroatoms. The molecule has 0 saturated heterocycles. The van der Waals surface area contributed by atoms with Gasteiger partial charge in [0.05, 0.1) is 21.3 Å². The van der Waals surface area contributed by atoms with Gasteiger partial charge in [-0.25, -0.2) is 0 Å². The number of ketones is 1. The Labute approximate surface area is 227 Å². The number of nitrogens with two attached hydrogens (primary N) is 2. The molecule has 0 aliphatic heterocycles. The van der Waals surface area contributed by atoms with E-state index in [1.165, 1.54) is 21.3 Å². The average Bonchev–Trinajstić information content (AvgIpc) is 3.37. The Hall–Kier alpha value is -5.17. The van der Waals surface area contributed by atoms with Crippen molar-refractivity contribution in [2.75, 3.05) is 32.8 Å². The number of aromatic nitrogens is 1. The van der Waals surface area contributed by atoms with Gasteiger partial charge < -0.3 is 30.2 Å². The third-order valence-corrected chi connectivity index (χ3v) is 6.60. The molecule has 0 bridgehead atoms. The maximum absolute atomic E-state index is 14.5. The lowest BCUT2D eigenvalue weighted by Gasteiger charge is -2.16. The molecule has 4 N–H and O–H groups in total. The zero-order chi connectivity index (χ0) is 27.5. The summed E-state index contributed by atoms with van der Waals surface area (Å²) in [6.45, 7) is 0. The highest BCUT2D eigenvalue weighted by molar-refractivity contribution is 6.15. The number of methoxy groups -OCH3 is 3. The Balaban J connectivity index is 1.84. The average molecular weight is 520 g/mol. The molecule has 1 aromatic heterocycles. The Morgan fingerprint density at radius 1 is 0.692 bits per heavy atom. The predicted octanol–water partition coefficient (Wildman–Crippen LogP) is 6.23. The maximum Gasteiger partial charge on any atom is 0.210 e. The number of benzene rings is 4. The van der Waals surface area contributed by atoms with E-state index in [0.29, 0.717) is 39.9 Å². The van der Waals surface area contributed by atoms with Crippen molar-refractivity contribution in [2.45, 2.75) is 0 Å². The zero-order valence-corrected chi connectivity index (χ0v) is 22.0. The summed E-state index contributed by atoms with van der Waals surface area (Å²) in [5, 5.41) is 0. The minimum absolute atomic E-state index is 0.216. The molecular weight excluding hydrogens is 490 g/mol. The maximum atomic E-state index is 14.5. The molecular formula is C32H29N3O4. The smallest absolute Gasteiger partial charge is 0.210 e. The SMILES string of the molecule is COc1cc(C(=O)c2c(-c3ccc(N)cc3)c(-c3ccc(N)cc3)cn2-c2ccccc2)cc(OC)c1OC. The van der Waals surface area contributed by atoms with Crippen molar-refractivity contribution in [1.82, 2.24) is 4.57 Å². The van der Waals surface area contributed by atoms with Gasteiger partial charge in [0.1, 0.15) is 5.69 Å². The van der Waals surface area contributed by atoms with Gasteiger partial charge in [-0.2, -0.15) is 0 Å². The van der Waals surface area contributed by atoms with Crippen LogP contribution in [0.25, 0.3) is 27.9 Å². The molecule has 0 unspecified atom stereocenters. The highest BCUT2D eigenvalue weighted by Crippen LogP contribution is 2.42. The molecule has 0 spiro atoms. The molecule has 0 amide bonds. The van der Waals surface area contributed by atoms with Crippen LogP contribution in [0.15, 0.2) is 97.2 Å². The monoisotopic (exact) mass is 519 g/mol. The third kappa shape index (κ3) is 4.78. The fourth-order valence-corrected chi connectivity index (χ4v) is 4.69. The van der Waals surface area contributed by atoms with Gasteiger partial charge in [0.15, 0.2) is 11.5 Å². The molecule has 5 aromatic rings. The van der Waals surface area contributed by atoms with Gasteiger partial charge in [0.2, 0.25) is 11.5 Å². The van der Waals surface area contributed by atoms with Crippen LogP contribution in [-0.2, 0) is 0 Å². The van der Waals surface area contributed by atoms with Gasteiger partial charge in [-0.05, 0) is 59.7 Å². The number of rotatable bonds is 8. The van der Waals surface area contributed by atoms with Crippen molar-refractivity contribution in [3.8, 4) is 45.2 Å². The first-order chi connectivity index (χ1) is 18.9. The van der Waals surface area contributed by atoms with Crippen LogP contribution >= 0.6 is 0 Å². The standard InChI is InChI=1S/C32H29N3O4/c1-37-27-17-22(18-28(38-2)32(27)39-3)31(36)30-29(21-11-15-24(34)16-12-21)26(20-9-13-23(33)14-10-20)19-35(30)25-7-5-4-6-8-25/h4-19H,33-34H2,1-3H3. The molecule has 1 heterocycles. The number of carbonyl (C=O) groups is 1. The number of hydrogen-bond acceptors (Lipinski definition) is 6. The van der Waals surface area contributed by atoms with Crippen LogP contribution in [0.5, 0.6) is 17.2 Å². The summed E-state index contributed by atoms with van der Waals surface area (Å²) in [5.41, 5.74) is 18.4. The van der Waals surface area contributed by atoms with Crippen LogP contribution in [0.3, 0.4) is 0 Å². The molecule has 0 fully saturated rings. The van der Waals surface area contributed by atoms with Crippen molar-refractivity contribution in [2.24, 2.45) is 0 Å². The molecule has 7 nitrogen and oxygen atoms in total. The van der Waals surface area contributed by atoms with E-state index >= 15 is 0 Å². The molecule has 5 rings (SSSR count). The highest BCUT2D eigenvalue weighted by Gasteiger charge is 2.27. The lowest BCUT2D eigenvalue weighted by molar-refractivity contribution is 0.103. The van der Waals surface area contributed by atoms with Crippen molar-refractivity contribution < 1.29 is 19.0 Å². The molecule has 0 radical (unpaired) electrons. The fourth-order valence-electron chi connectivity index (χ4n) is 4.69. The minimum Gasteiger partial charge on any atom is -0.493 e. The van der Waals surface area contributed by atoms with E-state index in [1.54, 1.807) is 12.1 Å². The Morgan fingerprint density at radius 3 is 1.74 bits per heavy atom. The number of nitrogen functional groups attached to an aromatic ring is 2. The second-order valence-electron chi connectivity index (χ2n) is 8.96. The number of anilines is 2. The molecule has 0 aliphatic carbocycles. The van der Waals surface area contributed by atoms with Crippen LogP contribution in [0.1, 0.15) is 16.1 Å². The summed E-state index contributed by atoms with van der Waals surface area (Å²) >= 11 is 0. The summed E-state index contributed by atoms with van der Waals surface area (Å²) < 4.78 is 18.5. The van der Waals surface area contributed by atoms with E-state index in [2.05, 4.69) is 0 Å². The second kappa shape index (κ2) is 10.7. The molecule has 39 heavy (non-hydrogen) atoms. The molecule has 0 saturated carbocycles. The van der Waals surface area contributed by atoms with E-state index < -0.39 is 0 Å². The number of nitrogens with zero attached hydrogens (tertiary/aromatic N) is 1. The third-order valence-electron chi connectivity index (χ3n) is 6.60. The van der Waals surface area contributed by atoms with Crippen molar-refractivity contribution >= 4 is 17.2 Å². The van der Waals surface area contributed by atoms with E-state index in [1.807, 2.05) is 89.6 Å². The van der Waals surface area contributed by atoms with Crippen LogP contribution < -0.4 is 25.7 Å². The van der Waals surface area contributed by atoms with E-state index in [-0.39, 0.29) is 5.78 Å². The van der Waals surface area contributed by atoms with Crippen LogP contribution in [0.2, 0.25) is 0 Å². The van der Waals surface area contributed by atoms with E-state index in [0.717, 1.165) is 27.9 Å². The summed E-state index contributed by atoms with van der Waals surface area (Å²) in [7, 11) is 4.58. The minimum atomic E-state index is -0.216. The molecule has 4 aromatic carbocycles. The van der Waals surface area contributed by atoms with Gasteiger partial charge >= 0.3 is 0 Å². The predicted molar refractivity (Wildman–Crippen MR) is 155 cm³/mol. The Kier molecular flexibility index (Phi) is 6.97. The quantitative estimate of drug-likeness (QED) is 0.186. The summed E-state index contributed by atoms with van der Waals surface area (Å²) in [5.74, 6) is 0.986. The first-order valence-electron chi connectivity index (χ1n) is 12.3. The van der Waals surface area contributed by atoms with Gasteiger partial charge in [-0.1, -0.05) is 42.5 Å². The number of hydrogen-bond donors (Lipinski definition) is 2. The normalized spacial score (nSPS) is 10.7. The zero-order valence-electron chi connectivity index (χ0n) is 22.0. The second-order valence-corrected chi connectivity index (χ2v) is 8.96. The Bertz CT molecular complexity index is 1600. The van der Waals surface area contributed by atoms with Gasteiger partial charge in [-0.3, -0.25) is 4.79 Å². The molecule has 196 valence electrons. The number of ether oxygens (including phenoxy) is 3. The van der Waals surface area contributed by atoms with Gasteiger partial charge in [0.25, 0.3) is 0 Å². The van der Waals surface area contributed by atoms with Gasteiger partial charge in [0, 0.05) is 39.9 Å². The highest BCUT2D eigenvalue weighted by atomic mass is 16.5. The largest absolute Gasteiger partial charge is 0.493 e. The summed E-state index contributed by atoms with van der Waals surface area (Å²) in [4.78, 5) is 14.5. The summed E-state index contributed by atoms with van der Waals surface area (Å²) in [6.07, 6.45) is 1.98. The van der Waals surface area contributed by atoms with E-state index in [4.69, 9.17) is 25.7 Å². The number of carbonyl (C=O) groups excluding carboxylic acids is 1. The first-order valence-corrected chi connectivity index (χ1v) is 12.3. The summed E-state index contributed by atoms with van der Waals surface area (Å²) in [6, 6.07) is 28.2. The van der Waals surface area contributed by atoms with Crippen molar-refractivity contribution in [3.63, 3.8) is 0 Å². The lowest BCUT2D eigenvalue weighted by atomic mass is 9.93. The van der Waals surface area contributed by atoms with E-state index in [9.17, 15) is 4.79 Å². The van der Waals surface area contributed by atoms with Crippen LogP contribution in [-0.4, -0.2) is 31.7 Å². The Morgan fingerprint density at radius 2 is 1.23 bits per heavy atom. The molecule has 0 atom stereocenters. The van der Waals surface area contributed by atoms with Crippen molar-refractivity contribution in [1.29, 1.82) is 0 Å². The fraction of sp³-hybridized carbons (Fsp3) is 0.0938. The van der Waals surface area contributed by atoms with Gasteiger partial charge in [-0.15, -0.1) is 0 Å². The molecule has 0 aliphatic rings. The first kappa shape index (κ1) is 25.5. The van der Waals surface area contributed by atoms with Crippen LogP contribution in [0, 0.1) is 0 Å².